The normalized spacial score (nSPS) is 14.6. The Balaban J connectivity index is 1.86. The molecule has 1 aliphatic rings. The maximum Gasteiger partial charge on any atom is 0.350 e. The number of thiophene rings is 1. The van der Waals surface area contributed by atoms with Crippen molar-refractivity contribution in [2.45, 2.75) is 37.8 Å². The van der Waals surface area contributed by atoms with Crippen molar-refractivity contribution in [1.29, 1.82) is 0 Å². The summed E-state index contributed by atoms with van der Waals surface area (Å²) in [5.74, 6) is 0.799. The fourth-order valence-corrected chi connectivity index (χ4v) is 4.30. The van der Waals surface area contributed by atoms with Crippen LogP contribution >= 0.6 is 11.3 Å². The number of aryl methyl sites for hydroxylation is 1. The standard InChI is InChI=1S/C15H19N3O4S2/c1-3-12-16-13(9-18(12)8-10-4-5-10)24(20,21)17-11-6-7-23-14(11)15(19)22-2/h6-7,9-10,17H,3-5,8H2,1-2H3. The lowest BCUT2D eigenvalue weighted by atomic mass is 10.4. The van der Waals surface area contributed by atoms with Crippen LogP contribution < -0.4 is 4.72 Å². The summed E-state index contributed by atoms with van der Waals surface area (Å²) < 4.78 is 34.2. The van der Waals surface area contributed by atoms with Crippen LogP contribution in [0.25, 0.3) is 0 Å². The van der Waals surface area contributed by atoms with E-state index in [0.29, 0.717) is 12.3 Å². The maximum atomic E-state index is 12.6. The van der Waals surface area contributed by atoms with Crippen molar-refractivity contribution in [1.82, 2.24) is 9.55 Å². The highest BCUT2D eigenvalue weighted by molar-refractivity contribution is 7.92. The van der Waals surface area contributed by atoms with E-state index in [2.05, 4.69) is 14.4 Å². The Hall–Kier alpha value is -1.87. The minimum Gasteiger partial charge on any atom is -0.465 e. The molecule has 0 aliphatic heterocycles. The summed E-state index contributed by atoms with van der Waals surface area (Å²) in [5, 5.41) is 1.61. The summed E-state index contributed by atoms with van der Waals surface area (Å²) in [6, 6.07) is 1.54. The highest BCUT2D eigenvalue weighted by atomic mass is 32.2. The number of ether oxygens (including phenoxy) is 1. The third-order valence-electron chi connectivity index (χ3n) is 3.86. The lowest BCUT2D eigenvalue weighted by molar-refractivity contribution is 0.0607. The predicted octanol–water partition coefficient (Wildman–Crippen LogP) is 2.50. The fourth-order valence-electron chi connectivity index (χ4n) is 2.41. The fraction of sp³-hybridized carbons (Fsp3) is 0.467. The molecule has 0 bridgehead atoms. The largest absolute Gasteiger partial charge is 0.465 e. The lowest BCUT2D eigenvalue weighted by Gasteiger charge is -2.05. The zero-order valence-corrected chi connectivity index (χ0v) is 15.1. The zero-order valence-electron chi connectivity index (χ0n) is 13.5. The van der Waals surface area contributed by atoms with Gasteiger partial charge in [-0.2, -0.15) is 8.42 Å². The number of hydrogen-bond acceptors (Lipinski definition) is 6. The van der Waals surface area contributed by atoms with Gasteiger partial charge in [-0.25, -0.2) is 9.78 Å². The van der Waals surface area contributed by atoms with Crippen LogP contribution in [0.3, 0.4) is 0 Å². The van der Waals surface area contributed by atoms with Crippen LogP contribution in [0.15, 0.2) is 22.7 Å². The summed E-state index contributed by atoms with van der Waals surface area (Å²) in [4.78, 5) is 16.2. The zero-order chi connectivity index (χ0) is 17.3. The highest BCUT2D eigenvalue weighted by Crippen LogP contribution is 2.31. The van der Waals surface area contributed by atoms with Gasteiger partial charge in [0, 0.05) is 19.2 Å². The molecule has 0 aromatic carbocycles. The number of rotatable bonds is 7. The van der Waals surface area contributed by atoms with Crippen molar-refractivity contribution >= 4 is 33.0 Å². The molecular weight excluding hydrogens is 350 g/mol. The lowest BCUT2D eigenvalue weighted by Crippen LogP contribution is -2.15. The van der Waals surface area contributed by atoms with Gasteiger partial charge < -0.3 is 9.30 Å². The monoisotopic (exact) mass is 369 g/mol. The highest BCUT2D eigenvalue weighted by Gasteiger charge is 2.26. The van der Waals surface area contributed by atoms with E-state index in [4.69, 9.17) is 0 Å². The van der Waals surface area contributed by atoms with Crippen molar-refractivity contribution in [2.75, 3.05) is 11.8 Å². The molecule has 2 heterocycles. The minimum absolute atomic E-state index is 0.0259. The number of nitrogens with zero attached hydrogens (tertiary/aromatic N) is 2. The SMILES string of the molecule is CCc1nc(S(=O)(=O)Nc2ccsc2C(=O)OC)cn1CC1CC1. The molecule has 130 valence electrons. The number of hydrogen-bond donors (Lipinski definition) is 1. The topological polar surface area (TPSA) is 90.3 Å². The number of carbonyl (C=O) groups is 1. The Bertz CT molecular complexity index is 850. The van der Waals surface area contributed by atoms with Crippen LogP contribution in [0, 0.1) is 5.92 Å². The smallest absolute Gasteiger partial charge is 0.350 e. The van der Waals surface area contributed by atoms with Gasteiger partial charge >= 0.3 is 5.97 Å². The number of imidazole rings is 1. The summed E-state index contributed by atoms with van der Waals surface area (Å²) in [6.45, 7) is 2.75. The first-order chi connectivity index (χ1) is 11.4. The number of methoxy groups -OCH3 is 1. The first-order valence-electron chi connectivity index (χ1n) is 7.69. The van der Waals surface area contributed by atoms with Crippen LogP contribution in [0.4, 0.5) is 5.69 Å². The van der Waals surface area contributed by atoms with Crippen molar-refractivity contribution in [3.8, 4) is 0 Å². The molecule has 9 heteroatoms. The third kappa shape index (κ3) is 3.46. The molecule has 0 amide bonds. The number of sulfonamides is 1. The van der Waals surface area contributed by atoms with Crippen LogP contribution in [-0.2, 0) is 27.7 Å². The van der Waals surface area contributed by atoms with E-state index in [-0.39, 0.29) is 15.6 Å². The molecule has 0 saturated heterocycles. The van der Waals surface area contributed by atoms with E-state index < -0.39 is 16.0 Å². The average molecular weight is 369 g/mol. The van der Waals surface area contributed by atoms with Crippen LogP contribution in [-0.4, -0.2) is 31.0 Å². The molecule has 3 rings (SSSR count). The molecular formula is C15H19N3O4S2. The van der Waals surface area contributed by atoms with Gasteiger partial charge in [-0.05, 0) is 30.2 Å². The molecule has 7 nitrogen and oxygen atoms in total. The number of carbonyl (C=O) groups excluding carboxylic acids is 1. The summed E-state index contributed by atoms with van der Waals surface area (Å²) in [7, 11) is -2.60. The van der Waals surface area contributed by atoms with Gasteiger partial charge in [0.15, 0.2) is 5.03 Å². The number of nitrogens with one attached hydrogen (secondary N) is 1. The van der Waals surface area contributed by atoms with Crippen LogP contribution in [0.5, 0.6) is 0 Å². The van der Waals surface area contributed by atoms with E-state index in [0.717, 1.165) is 23.7 Å². The Kier molecular flexibility index (Phi) is 4.64. The second-order valence-electron chi connectivity index (χ2n) is 5.71. The maximum absolute atomic E-state index is 12.6. The second kappa shape index (κ2) is 6.56. The minimum atomic E-state index is -3.86. The molecule has 24 heavy (non-hydrogen) atoms. The molecule has 0 spiro atoms. The Morgan fingerprint density at radius 3 is 2.88 bits per heavy atom. The van der Waals surface area contributed by atoms with E-state index in [1.807, 2.05) is 11.5 Å². The molecule has 0 atom stereocenters. The van der Waals surface area contributed by atoms with E-state index in [1.165, 1.54) is 26.0 Å². The van der Waals surface area contributed by atoms with Crippen molar-refractivity contribution < 1.29 is 17.9 Å². The molecule has 0 unspecified atom stereocenters. The van der Waals surface area contributed by atoms with Gasteiger partial charge in [0.05, 0.1) is 12.8 Å². The number of esters is 1. The molecule has 2 aromatic heterocycles. The van der Waals surface area contributed by atoms with Gasteiger partial charge in [0.25, 0.3) is 10.0 Å². The first kappa shape index (κ1) is 17.0. The number of anilines is 1. The second-order valence-corrected chi connectivity index (χ2v) is 8.25. The Morgan fingerprint density at radius 2 is 2.25 bits per heavy atom. The third-order valence-corrected chi connectivity index (χ3v) is 5.99. The molecule has 2 aromatic rings. The van der Waals surface area contributed by atoms with E-state index in [1.54, 1.807) is 11.6 Å². The van der Waals surface area contributed by atoms with Crippen molar-refractivity contribution in [3.05, 3.63) is 28.3 Å². The molecule has 0 radical (unpaired) electrons. The summed E-state index contributed by atoms with van der Waals surface area (Å²) >= 11 is 1.12. The predicted molar refractivity (Wildman–Crippen MR) is 90.8 cm³/mol. The van der Waals surface area contributed by atoms with E-state index in [9.17, 15) is 13.2 Å². The summed E-state index contributed by atoms with van der Waals surface area (Å²) in [5.41, 5.74) is 0.210. The molecule has 1 saturated carbocycles. The van der Waals surface area contributed by atoms with Crippen LogP contribution in [0.2, 0.25) is 0 Å². The quantitative estimate of drug-likeness (QED) is 0.757. The van der Waals surface area contributed by atoms with E-state index >= 15 is 0 Å². The Labute approximate surface area is 144 Å². The first-order valence-corrected chi connectivity index (χ1v) is 10.1. The van der Waals surface area contributed by atoms with Gasteiger partial charge in [-0.3, -0.25) is 4.72 Å². The van der Waals surface area contributed by atoms with Crippen molar-refractivity contribution in [2.24, 2.45) is 5.92 Å². The Morgan fingerprint density at radius 1 is 1.50 bits per heavy atom. The average Bonchev–Trinajstić information content (AvgIpc) is 3.08. The van der Waals surface area contributed by atoms with Gasteiger partial charge in [0.1, 0.15) is 10.7 Å². The molecule has 1 aliphatic carbocycles. The summed E-state index contributed by atoms with van der Waals surface area (Å²) in [6.07, 6.45) is 4.59. The molecule has 1 N–H and O–H groups in total. The molecule has 1 fully saturated rings. The number of aromatic nitrogens is 2. The van der Waals surface area contributed by atoms with Crippen LogP contribution in [0.1, 0.15) is 35.3 Å². The van der Waals surface area contributed by atoms with Gasteiger partial charge in [-0.15, -0.1) is 11.3 Å². The van der Waals surface area contributed by atoms with Gasteiger partial charge in [0.2, 0.25) is 0 Å². The van der Waals surface area contributed by atoms with Crippen molar-refractivity contribution in [3.63, 3.8) is 0 Å². The van der Waals surface area contributed by atoms with Gasteiger partial charge in [-0.1, -0.05) is 6.92 Å².